The topological polar surface area (TPSA) is 32.5 Å². The highest BCUT2D eigenvalue weighted by Crippen LogP contribution is 2.26. The molecule has 0 saturated carbocycles. The first kappa shape index (κ1) is 15.8. The fourth-order valence-electron chi connectivity index (χ4n) is 3.31. The maximum absolute atomic E-state index is 5.64. The summed E-state index contributed by atoms with van der Waals surface area (Å²) in [6, 6.07) is 8.78. The van der Waals surface area contributed by atoms with Gasteiger partial charge >= 0.3 is 0 Å². The zero-order valence-corrected chi connectivity index (χ0v) is 13.1. The van der Waals surface area contributed by atoms with E-state index in [1.54, 1.807) is 0 Å². The lowest BCUT2D eigenvalue weighted by atomic mass is 10.1. The minimum Gasteiger partial charge on any atom is -0.326 e. The zero-order chi connectivity index (χ0) is 14.4. The van der Waals surface area contributed by atoms with Crippen molar-refractivity contribution in [1.29, 1.82) is 0 Å². The maximum atomic E-state index is 5.64. The molecular weight excluding hydrogens is 270 g/mol. The predicted octanol–water partition coefficient (Wildman–Crippen LogP) is 2.63. The summed E-state index contributed by atoms with van der Waals surface area (Å²) in [4.78, 5) is 5.30. The number of benzene rings is 1. The van der Waals surface area contributed by atoms with Gasteiger partial charge in [0.05, 0.1) is 6.17 Å². The lowest BCUT2D eigenvalue weighted by Gasteiger charge is -2.40. The van der Waals surface area contributed by atoms with E-state index in [1.165, 1.54) is 56.4 Å². The summed E-state index contributed by atoms with van der Waals surface area (Å²) < 4.78 is 0. The Hall–Kier alpha value is -0.610. The number of nitrogens with zero attached hydrogens (tertiary/aromatic N) is 2. The van der Waals surface area contributed by atoms with Crippen LogP contribution in [0.15, 0.2) is 24.3 Å². The van der Waals surface area contributed by atoms with Crippen molar-refractivity contribution in [2.45, 2.75) is 38.5 Å². The third-order valence-corrected chi connectivity index (χ3v) is 4.29. The van der Waals surface area contributed by atoms with Gasteiger partial charge < -0.3 is 5.73 Å². The Balaban J connectivity index is 0.000000704. The van der Waals surface area contributed by atoms with Crippen LogP contribution in [0, 0.1) is 0 Å². The van der Waals surface area contributed by atoms with Gasteiger partial charge in [-0.15, -0.1) is 11.6 Å². The van der Waals surface area contributed by atoms with Crippen molar-refractivity contribution in [3.63, 3.8) is 0 Å². The first-order valence-electron chi connectivity index (χ1n) is 7.50. The van der Waals surface area contributed by atoms with Crippen LogP contribution in [0.3, 0.4) is 0 Å². The second kappa shape index (κ2) is 7.99. The van der Waals surface area contributed by atoms with Crippen molar-refractivity contribution >= 4 is 11.6 Å². The van der Waals surface area contributed by atoms with E-state index in [1.807, 2.05) is 0 Å². The third-order valence-electron chi connectivity index (χ3n) is 4.29. The smallest absolute Gasteiger partial charge is 0.0625 e. The number of rotatable bonds is 3. The molecule has 2 heterocycles. The van der Waals surface area contributed by atoms with Crippen molar-refractivity contribution in [1.82, 2.24) is 9.80 Å². The van der Waals surface area contributed by atoms with Gasteiger partial charge in [-0.1, -0.05) is 24.3 Å². The molecule has 0 aliphatic carbocycles. The molecule has 3 rings (SSSR count). The van der Waals surface area contributed by atoms with Crippen LogP contribution in [-0.4, -0.2) is 42.0 Å². The summed E-state index contributed by atoms with van der Waals surface area (Å²) in [5, 5.41) is 0. The molecule has 2 fully saturated rings. The summed E-state index contributed by atoms with van der Waals surface area (Å²) in [6.45, 7) is 5.58. The van der Waals surface area contributed by atoms with Crippen LogP contribution in [0.5, 0.6) is 0 Å². The number of hydrogen-bond donors (Lipinski definition) is 1. The van der Waals surface area contributed by atoms with Crippen LogP contribution >= 0.6 is 11.6 Å². The largest absolute Gasteiger partial charge is 0.326 e. The molecule has 1 aromatic carbocycles. The fraction of sp³-hybridized carbons (Fsp3) is 0.625. The Morgan fingerprint density at radius 1 is 1.05 bits per heavy atom. The first-order valence-corrected chi connectivity index (χ1v) is 8.26. The molecule has 0 amide bonds. The van der Waals surface area contributed by atoms with Gasteiger partial charge in [-0.05, 0) is 36.9 Å². The Labute approximate surface area is 127 Å². The van der Waals surface area contributed by atoms with Crippen molar-refractivity contribution in [2.24, 2.45) is 5.73 Å². The molecule has 2 N–H and O–H groups in total. The van der Waals surface area contributed by atoms with Gasteiger partial charge in [-0.2, -0.15) is 0 Å². The Morgan fingerprint density at radius 2 is 1.70 bits per heavy atom. The molecule has 1 atom stereocenters. The van der Waals surface area contributed by atoms with E-state index in [-0.39, 0.29) is 0 Å². The number of halogens is 1. The molecule has 3 nitrogen and oxygen atoms in total. The van der Waals surface area contributed by atoms with E-state index in [2.05, 4.69) is 45.7 Å². The summed E-state index contributed by atoms with van der Waals surface area (Å²) in [7, 11) is 0. The van der Waals surface area contributed by atoms with E-state index in [0.717, 1.165) is 6.54 Å². The van der Waals surface area contributed by atoms with Crippen LogP contribution in [0.1, 0.15) is 30.4 Å². The van der Waals surface area contributed by atoms with E-state index < -0.39 is 0 Å². The van der Waals surface area contributed by atoms with E-state index in [9.17, 15) is 0 Å². The fourth-order valence-corrected chi connectivity index (χ4v) is 3.31. The quantitative estimate of drug-likeness (QED) is 0.870. The normalized spacial score (nSPS) is 23.1. The number of nitrogens with two attached hydrogens (primary N) is 1. The molecule has 0 radical (unpaired) electrons. The molecule has 1 aromatic rings. The van der Waals surface area contributed by atoms with Gasteiger partial charge in [-0.25, -0.2) is 0 Å². The van der Waals surface area contributed by atoms with Gasteiger partial charge in [-0.3, -0.25) is 9.80 Å². The van der Waals surface area contributed by atoms with E-state index in [4.69, 9.17) is 5.73 Å². The van der Waals surface area contributed by atoms with Gasteiger partial charge in [0.15, 0.2) is 0 Å². The summed E-state index contributed by atoms with van der Waals surface area (Å²) in [5.41, 5.74) is 8.28. The van der Waals surface area contributed by atoms with Crippen molar-refractivity contribution < 1.29 is 0 Å². The van der Waals surface area contributed by atoms with Crippen LogP contribution in [0.2, 0.25) is 0 Å². The minimum absolute atomic E-state index is 0.639. The van der Waals surface area contributed by atoms with Gasteiger partial charge in [0.1, 0.15) is 0 Å². The van der Waals surface area contributed by atoms with E-state index >= 15 is 0 Å². The molecule has 4 heteroatoms. The second-order valence-electron chi connectivity index (χ2n) is 5.50. The van der Waals surface area contributed by atoms with Gasteiger partial charge in [0, 0.05) is 32.6 Å². The average molecular weight is 296 g/mol. The maximum Gasteiger partial charge on any atom is 0.0625 e. The first-order chi connectivity index (χ1) is 9.86. The Bertz CT molecular complexity index is 393. The molecule has 0 aromatic heterocycles. The van der Waals surface area contributed by atoms with Crippen LogP contribution < -0.4 is 5.73 Å². The molecule has 112 valence electrons. The van der Waals surface area contributed by atoms with Crippen LogP contribution in [-0.2, 0) is 13.1 Å². The Morgan fingerprint density at radius 3 is 2.40 bits per heavy atom. The molecule has 2 aliphatic heterocycles. The van der Waals surface area contributed by atoms with Crippen LogP contribution in [0.4, 0.5) is 0 Å². The van der Waals surface area contributed by atoms with Gasteiger partial charge in [0.25, 0.3) is 0 Å². The number of hydrogen-bond acceptors (Lipinski definition) is 3. The lowest BCUT2D eigenvalue weighted by Crippen LogP contribution is -2.49. The average Bonchev–Trinajstić information content (AvgIpc) is 3.00. The highest BCUT2D eigenvalue weighted by Gasteiger charge is 2.32. The second-order valence-corrected chi connectivity index (χ2v) is 5.50. The molecule has 1 unspecified atom stereocenters. The van der Waals surface area contributed by atoms with Gasteiger partial charge in [0.2, 0.25) is 0 Å². The third kappa shape index (κ3) is 3.73. The van der Waals surface area contributed by atoms with Crippen LogP contribution in [0.25, 0.3) is 0 Å². The molecular formula is C16H26ClN3. The SMILES string of the molecule is CCl.NCc1ccc(CN2CCCN3CCCC32)cc1. The Kier molecular flexibility index (Phi) is 6.30. The monoisotopic (exact) mass is 295 g/mol. The molecule has 20 heavy (non-hydrogen) atoms. The standard InChI is InChI=1S/C15H23N3.CH3Cl/c16-11-13-4-6-14(7-5-13)12-18-10-2-9-17-8-1-3-15(17)18;1-2/h4-7,15H,1-3,8-12,16H2;1H3. The van der Waals surface area contributed by atoms with E-state index in [0.29, 0.717) is 12.7 Å². The summed E-state index contributed by atoms with van der Waals surface area (Å²) in [5.74, 6) is 0. The minimum atomic E-state index is 0.639. The van der Waals surface area contributed by atoms with Crippen molar-refractivity contribution in [3.8, 4) is 0 Å². The molecule has 2 aliphatic rings. The summed E-state index contributed by atoms with van der Waals surface area (Å²) in [6.07, 6.45) is 6.21. The van der Waals surface area contributed by atoms with Crippen molar-refractivity contribution in [2.75, 3.05) is 26.0 Å². The predicted molar refractivity (Wildman–Crippen MR) is 85.7 cm³/mol. The highest BCUT2D eigenvalue weighted by molar-refractivity contribution is 6.15. The molecule has 0 spiro atoms. The highest BCUT2D eigenvalue weighted by atomic mass is 35.5. The number of alkyl halides is 1. The van der Waals surface area contributed by atoms with Crippen molar-refractivity contribution in [3.05, 3.63) is 35.4 Å². The molecule has 2 saturated heterocycles. The molecule has 0 bridgehead atoms. The zero-order valence-electron chi connectivity index (χ0n) is 12.4. The lowest BCUT2D eigenvalue weighted by molar-refractivity contribution is 0.0287. The number of fused-ring (bicyclic) bond motifs is 1. The summed E-state index contributed by atoms with van der Waals surface area (Å²) >= 11 is 4.64.